The van der Waals surface area contributed by atoms with Crippen molar-refractivity contribution in [1.29, 1.82) is 0 Å². The van der Waals surface area contributed by atoms with E-state index in [9.17, 15) is 4.79 Å². The number of esters is 1. The van der Waals surface area contributed by atoms with Crippen molar-refractivity contribution in [2.45, 2.75) is 25.5 Å². The van der Waals surface area contributed by atoms with Gasteiger partial charge < -0.3 is 14.2 Å². The Morgan fingerprint density at radius 3 is 2.93 bits per heavy atom. The van der Waals surface area contributed by atoms with Crippen LogP contribution in [0.25, 0.3) is 0 Å². The molecule has 2 rings (SSSR count). The quantitative estimate of drug-likeness (QED) is 0.622. The molecule has 0 saturated carbocycles. The van der Waals surface area contributed by atoms with E-state index < -0.39 is 6.04 Å². The third kappa shape index (κ3) is 2.12. The van der Waals surface area contributed by atoms with Crippen molar-refractivity contribution in [3.63, 3.8) is 0 Å². The van der Waals surface area contributed by atoms with Crippen molar-refractivity contribution < 1.29 is 19.0 Å². The van der Waals surface area contributed by atoms with Gasteiger partial charge in [-0.25, -0.2) is 9.79 Å². The largest absolute Gasteiger partial charge is 0.478 e. The van der Waals surface area contributed by atoms with Gasteiger partial charge in [0.15, 0.2) is 11.9 Å². The zero-order valence-electron chi connectivity index (χ0n) is 8.93. The lowest BCUT2D eigenvalue weighted by atomic mass is 10.1. The Kier molecular flexibility index (Phi) is 2.90. The second-order valence-electron chi connectivity index (χ2n) is 3.89. The summed E-state index contributed by atoms with van der Waals surface area (Å²) in [5.41, 5.74) is 0. The molecule has 5 heteroatoms. The number of hydrogen-bond acceptors (Lipinski definition) is 5. The lowest BCUT2D eigenvalue weighted by molar-refractivity contribution is -0.142. The smallest absolute Gasteiger partial charge is 0.334 e. The highest BCUT2D eigenvalue weighted by Gasteiger charge is 2.34. The van der Waals surface area contributed by atoms with E-state index in [-0.39, 0.29) is 18.0 Å². The van der Waals surface area contributed by atoms with Gasteiger partial charge in [0.2, 0.25) is 0 Å². The van der Waals surface area contributed by atoms with Gasteiger partial charge in [-0.2, -0.15) is 0 Å². The molecule has 2 heterocycles. The van der Waals surface area contributed by atoms with E-state index in [2.05, 4.69) is 9.73 Å². The molecular weight excluding hydrogens is 198 g/mol. The molecule has 0 spiro atoms. The van der Waals surface area contributed by atoms with E-state index in [1.165, 1.54) is 7.11 Å². The Bertz CT molecular complexity index is 289. The topological polar surface area (TPSA) is 57.1 Å². The number of carbonyl (C=O) groups is 1. The van der Waals surface area contributed by atoms with Crippen LogP contribution in [-0.4, -0.2) is 44.3 Å². The maximum atomic E-state index is 11.2. The first-order valence-electron chi connectivity index (χ1n) is 5.10. The summed E-state index contributed by atoms with van der Waals surface area (Å²) in [5.74, 6) is 0.515. The number of nitrogens with zero attached hydrogens (tertiary/aromatic N) is 1. The van der Waals surface area contributed by atoms with Gasteiger partial charge >= 0.3 is 5.97 Å². The average Bonchev–Trinajstić information content (AvgIpc) is 2.84. The van der Waals surface area contributed by atoms with Crippen LogP contribution in [-0.2, 0) is 19.0 Å². The molecule has 5 nitrogen and oxygen atoms in total. The molecule has 0 aliphatic carbocycles. The molecule has 0 radical (unpaired) electrons. The maximum absolute atomic E-state index is 11.2. The van der Waals surface area contributed by atoms with E-state index in [0.717, 1.165) is 6.42 Å². The van der Waals surface area contributed by atoms with Crippen LogP contribution in [0.1, 0.15) is 13.3 Å². The fourth-order valence-electron chi connectivity index (χ4n) is 1.86. The highest BCUT2D eigenvalue weighted by atomic mass is 16.5. The Hall–Kier alpha value is -1.10. The molecule has 3 unspecified atom stereocenters. The Labute approximate surface area is 88.4 Å². The maximum Gasteiger partial charge on any atom is 0.334 e. The highest BCUT2D eigenvalue weighted by molar-refractivity contribution is 5.87. The first-order chi connectivity index (χ1) is 7.20. The Morgan fingerprint density at radius 1 is 1.53 bits per heavy atom. The van der Waals surface area contributed by atoms with Gasteiger partial charge in [-0.05, 0) is 13.3 Å². The second kappa shape index (κ2) is 4.18. The molecule has 84 valence electrons. The summed E-state index contributed by atoms with van der Waals surface area (Å²) in [5, 5.41) is 0. The van der Waals surface area contributed by atoms with Gasteiger partial charge in [0, 0.05) is 0 Å². The summed E-state index contributed by atoms with van der Waals surface area (Å²) in [6, 6.07) is -0.485. The molecule has 0 aromatic carbocycles. The molecule has 0 amide bonds. The third-order valence-corrected chi connectivity index (χ3v) is 2.69. The zero-order valence-corrected chi connectivity index (χ0v) is 8.93. The number of methoxy groups -OCH3 is 1. The van der Waals surface area contributed by atoms with Gasteiger partial charge in [-0.3, -0.25) is 0 Å². The Morgan fingerprint density at radius 2 is 2.33 bits per heavy atom. The number of hydrogen-bond donors (Lipinski definition) is 0. The number of carbonyl (C=O) groups excluding carboxylic acids is 1. The predicted octanol–water partition coefficient (Wildman–Crippen LogP) is 0.382. The molecule has 2 aliphatic rings. The first-order valence-corrected chi connectivity index (χ1v) is 5.10. The average molecular weight is 213 g/mol. The molecule has 2 aliphatic heterocycles. The van der Waals surface area contributed by atoms with E-state index in [4.69, 9.17) is 9.47 Å². The SMILES string of the molecule is COC(=O)C1COC(C2COC(C)C2)=N1. The van der Waals surface area contributed by atoms with Crippen molar-refractivity contribution in [3.05, 3.63) is 0 Å². The zero-order chi connectivity index (χ0) is 10.8. The Balaban J connectivity index is 1.97. The van der Waals surface area contributed by atoms with Crippen molar-refractivity contribution >= 4 is 11.9 Å². The third-order valence-electron chi connectivity index (χ3n) is 2.69. The fourth-order valence-corrected chi connectivity index (χ4v) is 1.86. The van der Waals surface area contributed by atoms with Crippen LogP contribution in [0.3, 0.4) is 0 Å². The van der Waals surface area contributed by atoms with Crippen LogP contribution in [0, 0.1) is 5.92 Å². The summed E-state index contributed by atoms with van der Waals surface area (Å²) in [7, 11) is 1.36. The highest BCUT2D eigenvalue weighted by Crippen LogP contribution is 2.24. The molecule has 1 fully saturated rings. The molecule has 0 N–H and O–H groups in total. The molecule has 0 bridgehead atoms. The van der Waals surface area contributed by atoms with E-state index in [1.807, 2.05) is 6.92 Å². The van der Waals surface area contributed by atoms with Crippen molar-refractivity contribution in [2.75, 3.05) is 20.3 Å². The van der Waals surface area contributed by atoms with E-state index in [0.29, 0.717) is 19.1 Å². The minimum Gasteiger partial charge on any atom is -0.478 e. The molecule has 3 atom stereocenters. The van der Waals surface area contributed by atoms with Crippen LogP contribution in [0.2, 0.25) is 0 Å². The van der Waals surface area contributed by atoms with Crippen LogP contribution in [0.15, 0.2) is 4.99 Å². The summed E-state index contributed by atoms with van der Waals surface area (Å²) in [4.78, 5) is 15.4. The molecule has 0 aromatic rings. The molecule has 0 aromatic heterocycles. The summed E-state index contributed by atoms with van der Waals surface area (Å²) >= 11 is 0. The summed E-state index contributed by atoms with van der Waals surface area (Å²) < 4.78 is 15.4. The molecular formula is C10H15NO4. The second-order valence-corrected chi connectivity index (χ2v) is 3.89. The number of rotatable bonds is 2. The van der Waals surface area contributed by atoms with Crippen LogP contribution < -0.4 is 0 Å². The van der Waals surface area contributed by atoms with Crippen LogP contribution in [0.5, 0.6) is 0 Å². The summed E-state index contributed by atoms with van der Waals surface area (Å²) in [6.07, 6.45) is 1.16. The fraction of sp³-hybridized carbons (Fsp3) is 0.800. The lowest BCUT2D eigenvalue weighted by Crippen LogP contribution is -2.21. The van der Waals surface area contributed by atoms with Gasteiger partial charge in [-0.15, -0.1) is 0 Å². The molecule has 15 heavy (non-hydrogen) atoms. The minimum atomic E-state index is -0.485. The van der Waals surface area contributed by atoms with Gasteiger partial charge in [0.25, 0.3) is 0 Å². The van der Waals surface area contributed by atoms with Crippen LogP contribution in [0.4, 0.5) is 0 Å². The minimum absolute atomic E-state index is 0.203. The van der Waals surface area contributed by atoms with E-state index >= 15 is 0 Å². The monoisotopic (exact) mass is 213 g/mol. The number of ether oxygens (including phenoxy) is 3. The first kappa shape index (κ1) is 10.4. The standard InChI is InChI=1S/C10H15NO4/c1-6-3-7(4-14-6)9-11-8(5-15-9)10(12)13-2/h6-8H,3-5H2,1-2H3. The molecule has 1 saturated heterocycles. The number of aliphatic imine (C=N–C) groups is 1. The van der Waals surface area contributed by atoms with Crippen LogP contribution >= 0.6 is 0 Å². The normalized spacial score (nSPS) is 34.8. The van der Waals surface area contributed by atoms with E-state index in [1.54, 1.807) is 0 Å². The van der Waals surface area contributed by atoms with Crippen molar-refractivity contribution in [1.82, 2.24) is 0 Å². The van der Waals surface area contributed by atoms with Gasteiger partial charge in [0.1, 0.15) is 6.61 Å². The lowest BCUT2D eigenvalue weighted by Gasteiger charge is -2.05. The summed E-state index contributed by atoms with van der Waals surface area (Å²) in [6.45, 7) is 2.95. The predicted molar refractivity (Wildman–Crippen MR) is 52.7 cm³/mol. The van der Waals surface area contributed by atoms with Gasteiger partial charge in [0.05, 0.1) is 25.7 Å². The van der Waals surface area contributed by atoms with Crippen molar-refractivity contribution in [3.8, 4) is 0 Å². The van der Waals surface area contributed by atoms with Gasteiger partial charge in [-0.1, -0.05) is 0 Å². The van der Waals surface area contributed by atoms with Crippen molar-refractivity contribution in [2.24, 2.45) is 10.9 Å².